The van der Waals surface area contributed by atoms with E-state index in [4.69, 9.17) is 23.2 Å². The highest BCUT2D eigenvalue weighted by molar-refractivity contribution is 6.42. The molecule has 1 rings (SSSR count). The lowest BCUT2D eigenvalue weighted by Gasteiger charge is -1.99. The Morgan fingerprint density at radius 2 is 2.17 bits per heavy atom. The average molecular weight is 205 g/mol. The molecular formula is C7H6Cl2N2O. The molecule has 1 amide bonds. The number of hydrogen-bond acceptors (Lipinski definition) is 2. The van der Waals surface area contributed by atoms with Crippen molar-refractivity contribution in [3.8, 4) is 0 Å². The van der Waals surface area contributed by atoms with Crippen molar-refractivity contribution in [2.24, 2.45) is 0 Å². The summed E-state index contributed by atoms with van der Waals surface area (Å²) in [6.07, 6.45) is 1.34. The molecule has 0 unspecified atom stereocenters. The van der Waals surface area contributed by atoms with Gasteiger partial charge in [-0.05, 0) is 6.07 Å². The van der Waals surface area contributed by atoms with Crippen LogP contribution < -0.4 is 5.32 Å². The summed E-state index contributed by atoms with van der Waals surface area (Å²) >= 11 is 11.3. The topological polar surface area (TPSA) is 42.0 Å². The maximum absolute atomic E-state index is 11.0. The highest BCUT2D eigenvalue weighted by atomic mass is 35.5. The zero-order chi connectivity index (χ0) is 9.14. The van der Waals surface area contributed by atoms with Gasteiger partial charge in [0.05, 0.1) is 10.0 Å². The maximum atomic E-state index is 11.0. The van der Waals surface area contributed by atoms with Crippen molar-refractivity contribution in [1.29, 1.82) is 0 Å². The lowest BCUT2D eigenvalue weighted by molar-refractivity contribution is 0.0958. The lowest BCUT2D eigenvalue weighted by Crippen LogP contribution is -2.18. The largest absolute Gasteiger partial charge is 0.354 e. The van der Waals surface area contributed by atoms with E-state index in [0.717, 1.165) is 0 Å². The van der Waals surface area contributed by atoms with Crippen molar-refractivity contribution < 1.29 is 4.79 Å². The zero-order valence-electron chi connectivity index (χ0n) is 6.27. The van der Waals surface area contributed by atoms with E-state index in [2.05, 4.69) is 10.3 Å². The van der Waals surface area contributed by atoms with Gasteiger partial charge in [0.15, 0.2) is 0 Å². The number of pyridine rings is 1. The molecule has 1 heterocycles. The molecule has 0 aliphatic rings. The molecule has 0 aromatic carbocycles. The van der Waals surface area contributed by atoms with Crippen LogP contribution in [0.1, 0.15) is 10.5 Å². The molecular weight excluding hydrogens is 199 g/mol. The Morgan fingerprint density at radius 1 is 1.50 bits per heavy atom. The lowest BCUT2D eigenvalue weighted by atomic mass is 10.3. The van der Waals surface area contributed by atoms with Gasteiger partial charge in [0.25, 0.3) is 5.91 Å². The second-order valence-corrected chi connectivity index (χ2v) is 2.88. The predicted molar refractivity (Wildman–Crippen MR) is 47.6 cm³/mol. The summed E-state index contributed by atoms with van der Waals surface area (Å²) < 4.78 is 0. The van der Waals surface area contributed by atoms with E-state index in [-0.39, 0.29) is 11.6 Å². The van der Waals surface area contributed by atoms with E-state index in [0.29, 0.717) is 10.0 Å². The van der Waals surface area contributed by atoms with Crippen molar-refractivity contribution in [3.63, 3.8) is 0 Å². The number of aromatic nitrogens is 1. The average Bonchev–Trinajstić information content (AvgIpc) is 2.08. The van der Waals surface area contributed by atoms with E-state index in [9.17, 15) is 4.79 Å². The summed E-state index contributed by atoms with van der Waals surface area (Å²) in [5.74, 6) is -0.284. The SMILES string of the molecule is CNC(=O)c1cc(Cl)c(Cl)cn1. The number of hydrogen-bond donors (Lipinski definition) is 1. The van der Waals surface area contributed by atoms with Gasteiger partial charge in [-0.25, -0.2) is 4.98 Å². The van der Waals surface area contributed by atoms with Crippen LogP contribution in [0, 0.1) is 0 Å². The van der Waals surface area contributed by atoms with E-state index < -0.39 is 0 Å². The van der Waals surface area contributed by atoms with Gasteiger partial charge in [-0.3, -0.25) is 4.79 Å². The molecule has 0 bridgehead atoms. The number of rotatable bonds is 1. The van der Waals surface area contributed by atoms with E-state index in [1.165, 1.54) is 19.3 Å². The van der Waals surface area contributed by atoms with Crippen molar-refractivity contribution >= 4 is 29.1 Å². The van der Waals surface area contributed by atoms with E-state index >= 15 is 0 Å². The van der Waals surface area contributed by atoms with Crippen LogP contribution in [0.25, 0.3) is 0 Å². The summed E-state index contributed by atoms with van der Waals surface area (Å²) in [6, 6.07) is 1.42. The van der Waals surface area contributed by atoms with Crippen LogP contribution in [0.5, 0.6) is 0 Å². The van der Waals surface area contributed by atoms with E-state index in [1.807, 2.05) is 0 Å². The van der Waals surface area contributed by atoms with Gasteiger partial charge in [-0.1, -0.05) is 23.2 Å². The number of halogens is 2. The molecule has 0 saturated heterocycles. The smallest absolute Gasteiger partial charge is 0.269 e. The number of nitrogens with zero attached hydrogens (tertiary/aromatic N) is 1. The van der Waals surface area contributed by atoms with Crippen molar-refractivity contribution in [1.82, 2.24) is 10.3 Å². The van der Waals surface area contributed by atoms with Crippen molar-refractivity contribution in [3.05, 3.63) is 28.0 Å². The highest BCUT2D eigenvalue weighted by Crippen LogP contribution is 2.20. The quantitative estimate of drug-likeness (QED) is 0.758. The third kappa shape index (κ3) is 1.87. The first kappa shape index (κ1) is 9.29. The molecule has 1 aromatic heterocycles. The Labute approximate surface area is 79.7 Å². The molecule has 5 heteroatoms. The van der Waals surface area contributed by atoms with Crippen LogP contribution in [-0.4, -0.2) is 17.9 Å². The minimum atomic E-state index is -0.284. The third-order valence-corrected chi connectivity index (χ3v) is 1.98. The van der Waals surface area contributed by atoms with E-state index in [1.54, 1.807) is 0 Å². The zero-order valence-corrected chi connectivity index (χ0v) is 7.78. The summed E-state index contributed by atoms with van der Waals surface area (Å²) in [4.78, 5) is 14.8. The molecule has 1 aromatic rings. The second-order valence-electron chi connectivity index (χ2n) is 2.06. The summed E-state index contributed by atoms with van der Waals surface area (Å²) in [6.45, 7) is 0. The molecule has 0 spiro atoms. The molecule has 0 atom stereocenters. The normalized spacial score (nSPS) is 9.58. The molecule has 3 nitrogen and oxygen atoms in total. The fourth-order valence-corrected chi connectivity index (χ4v) is 0.922. The minimum Gasteiger partial charge on any atom is -0.354 e. The molecule has 1 N–H and O–H groups in total. The number of amides is 1. The van der Waals surface area contributed by atoms with Crippen LogP contribution in [0.4, 0.5) is 0 Å². The molecule has 0 aliphatic carbocycles. The molecule has 0 aliphatic heterocycles. The highest BCUT2D eigenvalue weighted by Gasteiger charge is 2.06. The third-order valence-electron chi connectivity index (χ3n) is 1.27. The molecule has 0 saturated carbocycles. The Kier molecular flexibility index (Phi) is 2.89. The first-order valence-electron chi connectivity index (χ1n) is 3.18. The van der Waals surface area contributed by atoms with Crippen LogP contribution in [0.2, 0.25) is 10.0 Å². The minimum absolute atomic E-state index is 0.256. The molecule has 64 valence electrons. The van der Waals surface area contributed by atoms with Gasteiger partial charge in [0, 0.05) is 13.2 Å². The van der Waals surface area contributed by atoms with Crippen LogP contribution in [0.15, 0.2) is 12.3 Å². The van der Waals surface area contributed by atoms with Crippen LogP contribution >= 0.6 is 23.2 Å². The van der Waals surface area contributed by atoms with Crippen molar-refractivity contribution in [2.45, 2.75) is 0 Å². The van der Waals surface area contributed by atoms with Crippen molar-refractivity contribution in [2.75, 3.05) is 7.05 Å². The second kappa shape index (κ2) is 3.74. The first-order chi connectivity index (χ1) is 5.65. The monoisotopic (exact) mass is 204 g/mol. The summed E-state index contributed by atoms with van der Waals surface area (Å²) in [5.41, 5.74) is 0.256. The number of carbonyl (C=O) groups excluding carboxylic acids is 1. The standard InChI is InChI=1S/C7H6Cl2N2O/c1-10-7(12)6-2-4(8)5(9)3-11-6/h2-3H,1H3,(H,10,12). The first-order valence-corrected chi connectivity index (χ1v) is 3.94. The van der Waals surface area contributed by atoms with Gasteiger partial charge >= 0.3 is 0 Å². The Balaban J connectivity index is 3.05. The fourth-order valence-electron chi connectivity index (χ4n) is 0.666. The predicted octanol–water partition coefficient (Wildman–Crippen LogP) is 1.75. The number of carbonyl (C=O) groups is 1. The number of nitrogens with one attached hydrogen (secondary N) is 1. The maximum Gasteiger partial charge on any atom is 0.269 e. The van der Waals surface area contributed by atoms with Gasteiger partial charge < -0.3 is 5.32 Å². The fraction of sp³-hybridized carbons (Fsp3) is 0.143. The Morgan fingerprint density at radius 3 is 2.67 bits per heavy atom. The Bertz CT molecular complexity index is 314. The Hall–Kier alpha value is -0.800. The van der Waals surface area contributed by atoms with Crippen LogP contribution in [-0.2, 0) is 0 Å². The van der Waals surface area contributed by atoms with Gasteiger partial charge in [0.2, 0.25) is 0 Å². The summed E-state index contributed by atoms with van der Waals surface area (Å²) in [7, 11) is 1.52. The van der Waals surface area contributed by atoms with Crippen LogP contribution in [0.3, 0.4) is 0 Å². The van der Waals surface area contributed by atoms with Gasteiger partial charge in [-0.2, -0.15) is 0 Å². The van der Waals surface area contributed by atoms with Gasteiger partial charge in [0.1, 0.15) is 5.69 Å². The van der Waals surface area contributed by atoms with Gasteiger partial charge in [-0.15, -0.1) is 0 Å². The molecule has 0 fully saturated rings. The molecule has 12 heavy (non-hydrogen) atoms. The summed E-state index contributed by atoms with van der Waals surface area (Å²) in [5, 5.41) is 3.09. The molecule has 0 radical (unpaired) electrons.